The minimum absolute atomic E-state index is 1.06. The average molecular weight is 258 g/mol. The van der Waals surface area contributed by atoms with Crippen LogP contribution in [0.2, 0.25) is 0 Å². The van der Waals surface area contributed by atoms with Crippen LogP contribution in [0.5, 0.6) is 0 Å². The lowest BCUT2D eigenvalue weighted by atomic mass is 10.0. The summed E-state index contributed by atoms with van der Waals surface area (Å²) in [5, 5.41) is 3.42. The van der Waals surface area contributed by atoms with Crippen molar-refractivity contribution in [2.24, 2.45) is 0 Å². The van der Waals surface area contributed by atoms with Gasteiger partial charge in [0.1, 0.15) is 0 Å². The Morgan fingerprint density at radius 3 is 2.58 bits per heavy atom. The Hall–Kier alpha value is -0.860. The van der Waals surface area contributed by atoms with Crippen LogP contribution >= 0.6 is 0 Å². The van der Waals surface area contributed by atoms with Crippen molar-refractivity contribution in [3.63, 3.8) is 0 Å². The van der Waals surface area contributed by atoms with Crippen molar-refractivity contribution in [3.8, 4) is 0 Å². The number of hydrogen-bond acceptors (Lipinski definition) is 2. The number of likely N-dealkylation sites (tertiary alicyclic amines) is 1. The summed E-state index contributed by atoms with van der Waals surface area (Å²) in [6, 6.07) is 7.06. The number of nitrogens with zero attached hydrogens (tertiary/aromatic N) is 1. The highest BCUT2D eigenvalue weighted by Gasteiger charge is 2.11. The normalized spacial score (nSPS) is 20.2. The minimum atomic E-state index is 1.06. The van der Waals surface area contributed by atoms with Crippen molar-refractivity contribution in [1.29, 1.82) is 0 Å². The smallest absolute Gasteiger partial charge is 0.0212 e. The van der Waals surface area contributed by atoms with E-state index in [0.717, 1.165) is 13.1 Å². The van der Waals surface area contributed by atoms with E-state index < -0.39 is 0 Å². The van der Waals surface area contributed by atoms with Crippen molar-refractivity contribution < 1.29 is 0 Å². The Morgan fingerprint density at radius 2 is 1.74 bits per heavy atom. The molecule has 104 valence electrons. The molecular formula is C17H26N2. The van der Waals surface area contributed by atoms with E-state index in [2.05, 4.69) is 28.4 Å². The zero-order chi connectivity index (χ0) is 12.9. The molecule has 0 saturated carbocycles. The molecule has 3 rings (SSSR count). The van der Waals surface area contributed by atoms with E-state index in [1.165, 1.54) is 74.8 Å². The number of aryl methyl sites for hydroxylation is 1. The molecule has 0 bridgehead atoms. The monoisotopic (exact) mass is 258 g/mol. The third-order valence-electron chi connectivity index (χ3n) is 4.54. The van der Waals surface area contributed by atoms with E-state index in [1.807, 2.05) is 0 Å². The molecule has 2 heterocycles. The highest BCUT2D eigenvalue weighted by Crippen LogP contribution is 2.18. The van der Waals surface area contributed by atoms with Crippen molar-refractivity contribution >= 4 is 0 Å². The first-order chi connectivity index (χ1) is 9.42. The van der Waals surface area contributed by atoms with Crippen LogP contribution in [0.25, 0.3) is 0 Å². The summed E-state index contributed by atoms with van der Waals surface area (Å²) < 4.78 is 0. The van der Waals surface area contributed by atoms with Crippen molar-refractivity contribution in [3.05, 3.63) is 34.9 Å². The Morgan fingerprint density at radius 1 is 0.947 bits per heavy atom. The van der Waals surface area contributed by atoms with E-state index in [4.69, 9.17) is 0 Å². The maximum atomic E-state index is 3.42. The van der Waals surface area contributed by atoms with E-state index in [9.17, 15) is 0 Å². The quantitative estimate of drug-likeness (QED) is 0.893. The number of hydrogen-bond donors (Lipinski definition) is 1. The van der Waals surface area contributed by atoms with Gasteiger partial charge in [-0.1, -0.05) is 31.0 Å². The van der Waals surface area contributed by atoms with E-state index in [0.29, 0.717) is 0 Å². The van der Waals surface area contributed by atoms with Crippen LogP contribution in [0.15, 0.2) is 18.2 Å². The Bertz CT molecular complexity index is 406. The molecular weight excluding hydrogens is 232 g/mol. The number of nitrogens with one attached hydrogen (secondary N) is 1. The van der Waals surface area contributed by atoms with Crippen LogP contribution in [0, 0.1) is 0 Å². The second-order valence-electron chi connectivity index (χ2n) is 6.07. The van der Waals surface area contributed by atoms with Gasteiger partial charge in [-0.05, 0) is 62.0 Å². The second-order valence-corrected chi connectivity index (χ2v) is 6.07. The summed E-state index contributed by atoms with van der Waals surface area (Å²) in [6.45, 7) is 6.07. The molecule has 1 aromatic carbocycles. The molecule has 2 nitrogen and oxygen atoms in total. The third-order valence-corrected chi connectivity index (χ3v) is 4.54. The van der Waals surface area contributed by atoms with Gasteiger partial charge in [0.05, 0.1) is 0 Å². The zero-order valence-electron chi connectivity index (χ0n) is 12.0. The molecule has 0 aromatic heterocycles. The van der Waals surface area contributed by atoms with E-state index in [-0.39, 0.29) is 0 Å². The Balaban J connectivity index is 1.46. The van der Waals surface area contributed by atoms with Crippen LogP contribution in [0.3, 0.4) is 0 Å². The molecule has 0 unspecified atom stereocenters. The zero-order valence-corrected chi connectivity index (χ0v) is 12.0. The van der Waals surface area contributed by atoms with Crippen LogP contribution in [0.4, 0.5) is 0 Å². The Labute approximate surface area is 117 Å². The summed E-state index contributed by atoms with van der Waals surface area (Å²) in [5.74, 6) is 0. The fraction of sp³-hybridized carbons (Fsp3) is 0.647. The van der Waals surface area contributed by atoms with Gasteiger partial charge in [-0.3, -0.25) is 0 Å². The lowest BCUT2D eigenvalue weighted by Crippen LogP contribution is -2.26. The first-order valence-electron chi connectivity index (χ1n) is 7.95. The highest BCUT2D eigenvalue weighted by atomic mass is 15.1. The molecule has 2 aliphatic rings. The van der Waals surface area contributed by atoms with Gasteiger partial charge in [-0.2, -0.15) is 0 Å². The van der Waals surface area contributed by atoms with Crippen LogP contribution in [-0.4, -0.2) is 24.5 Å². The molecule has 0 amide bonds. The maximum absolute atomic E-state index is 3.42. The highest BCUT2D eigenvalue weighted by molar-refractivity contribution is 5.34. The molecule has 0 spiro atoms. The van der Waals surface area contributed by atoms with Crippen LogP contribution in [-0.2, 0) is 19.5 Å². The van der Waals surface area contributed by atoms with Gasteiger partial charge in [0.15, 0.2) is 0 Å². The van der Waals surface area contributed by atoms with Gasteiger partial charge in [-0.25, -0.2) is 0 Å². The number of benzene rings is 1. The van der Waals surface area contributed by atoms with Gasteiger partial charge >= 0.3 is 0 Å². The number of fused-ring (bicyclic) bond motifs is 1. The molecule has 1 N–H and O–H groups in total. The van der Waals surface area contributed by atoms with Crippen LogP contribution < -0.4 is 5.32 Å². The van der Waals surface area contributed by atoms with Crippen molar-refractivity contribution in [1.82, 2.24) is 10.2 Å². The molecule has 2 heteroatoms. The SMILES string of the molecule is c1cc2c(cc1CCCN1CCCCCC1)CNC2. The molecule has 19 heavy (non-hydrogen) atoms. The predicted octanol–water partition coefficient (Wildman–Crippen LogP) is 3.10. The minimum Gasteiger partial charge on any atom is -0.309 e. The summed E-state index contributed by atoms with van der Waals surface area (Å²) in [5.41, 5.74) is 4.54. The second kappa shape index (κ2) is 6.53. The first-order valence-corrected chi connectivity index (χ1v) is 7.95. The van der Waals surface area contributed by atoms with Crippen LogP contribution in [0.1, 0.15) is 48.8 Å². The third kappa shape index (κ3) is 3.58. The molecule has 1 aromatic rings. The van der Waals surface area contributed by atoms with E-state index in [1.54, 1.807) is 0 Å². The van der Waals surface area contributed by atoms with Gasteiger partial charge in [0.25, 0.3) is 0 Å². The van der Waals surface area contributed by atoms with Gasteiger partial charge < -0.3 is 10.2 Å². The van der Waals surface area contributed by atoms with E-state index >= 15 is 0 Å². The fourth-order valence-corrected chi connectivity index (χ4v) is 3.37. The molecule has 0 radical (unpaired) electrons. The largest absolute Gasteiger partial charge is 0.309 e. The molecule has 1 fully saturated rings. The first kappa shape index (κ1) is 13.1. The molecule has 0 atom stereocenters. The van der Waals surface area contributed by atoms with Gasteiger partial charge in [-0.15, -0.1) is 0 Å². The fourth-order valence-electron chi connectivity index (χ4n) is 3.37. The predicted molar refractivity (Wildman–Crippen MR) is 80.2 cm³/mol. The summed E-state index contributed by atoms with van der Waals surface area (Å²) in [6.07, 6.45) is 8.24. The Kier molecular flexibility index (Phi) is 4.52. The summed E-state index contributed by atoms with van der Waals surface area (Å²) >= 11 is 0. The summed E-state index contributed by atoms with van der Waals surface area (Å²) in [7, 11) is 0. The average Bonchev–Trinajstić information content (AvgIpc) is 2.74. The standard InChI is InChI=1S/C17H26N2/c1-2-4-10-19(9-3-1)11-5-6-15-7-8-16-13-18-14-17(16)12-15/h7-8,12,18H,1-6,9-11,13-14H2. The molecule has 2 aliphatic heterocycles. The molecule has 0 aliphatic carbocycles. The van der Waals surface area contributed by atoms with Gasteiger partial charge in [0.2, 0.25) is 0 Å². The van der Waals surface area contributed by atoms with Crippen molar-refractivity contribution in [2.45, 2.75) is 51.6 Å². The lowest BCUT2D eigenvalue weighted by molar-refractivity contribution is 0.281. The van der Waals surface area contributed by atoms with Gasteiger partial charge in [0, 0.05) is 13.1 Å². The lowest BCUT2D eigenvalue weighted by Gasteiger charge is -2.19. The number of rotatable bonds is 4. The molecule has 1 saturated heterocycles. The van der Waals surface area contributed by atoms with Crippen molar-refractivity contribution in [2.75, 3.05) is 19.6 Å². The topological polar surface area (TPSA) is 15.3 Å². The summed E-state index contributed by atoms with van der Waals surface area (Å²) in [4.78, 5) is 2.67. The maximum Gasteiger partial charge on any atom is 0.0212 e.